The minimum atomic E-state index is -0.234. The van der Waals surface area contributed by atoms with E-state index in [2.05, 4.69) is 69.1 Å². The monoisotopic (exact) mass is 446 g/mol. The van der Waals surface area contributed by atoms with Crippen molar-refractivity contribution in [2.75, 3.05) is 16.8 Å². The van der Waals surface area contributed by atoms with E-state index in [4.69, 9.17) is 4.42 Å². The first kappa shape index (κ1) is 20.2. The van der Waals surface area contributed by atoms with Crippen molar-refractivity contribution in [3.8, 4) is 0 Å². The van der Waals surface area contributed by atoms with Gasteiger partial charge in [0.2, 0.25) is 0 Å². The van der Waals surface area contributed by atoms with Gasteiger partial charge in [-0.3, -0.25) is 0 Å². The first-order valence-corrected chi connectivity index (χ1v) is 12.5. The van der Waals surface area contributed by atoms with Crippen molar-refractivity contribution >= 4 is 34.1 Å². The highest BCUT2D eigenvalue weighted by Gasteiger charge is 2.45. The van der Waals surface area contributed by atoms with E-state index < -0.39 is 0 Å². The molecule has 4 nitrogen and oxygen atoms in total. The van der Waals surface area contributed by atoms with Crippen LogP contribution in [0.5, 0.6) is 0 Å². The lowest BCUT2D eigenvalue weighted by molar-refractivity contribution is 0.334. The first-order chi connectivity index (χ1) is 15.2. The molecule has 6 rings (SSSR count). The number of thioether (sulfide) groups is 1. The van der Waals surface area contributed by atoms with Gasteiger partial charge in [0.1, 0.15) is 11.0 Å². The molecule has 0 fully saturated rings. The van der Waals surface area contributed by atoms with Gasteiger partial charge in [0.05, 0.1) is 5.56 Å². The van der Waals surface area contributed by atoms with E-state index in [1.807, 2.05) is 12.1 Å². The maximum Gasteiger partial charge on any atom is 0.342 e. The SMILES string of the molecule is CC1CC(C)(C)N2CCC(C)(C)c3c2c1cc1cc(C2Nc4ccccc4S2)c(=O)oc31. The van der Waals surface area contributed by atoms with E-state index in [1.165, 1.54) is 21.7 Å². The Morgan fingerprint density at radius 1 is 1.12 bits per heavy atom. The smallest absolute Gasteiger partial charge is 0.342 e. The number of benzene rings is 2. The molecular weight excluding hydrogens is 416 g/mol. The van der Waals surface area contributed by atoms with Crippen molar-refractivity contribution in [2.24, 2.45) is 0 Å². The van der Waals surface area contributed by atoms with Crippen LogP contribution in [0.4, 0.5) is 11.4 Å². The van der Waals surface area contributed by atoms with E-state index in [0.717, 1.165) is 36.0 Å². The minimum absolute atomic E-state index is 0.0404. The van der Waals surface area contributed by atoms with Crippen molar-refractivity contribution < 1.29 is 4.42 Å². The van der Waals surface area contributed by atoms with Gasteiger partial charge in [-0.25, -0.2) is 4.79 Å². The van der Waals surface area contributed by atoms with Crippen LogP contribution in [0, 0.1) is 0 Å². The number of anilines is 2. The molecule has 1 aromatic heterocycles. The molecule has 2 unspecified atom stereocenters. The van der Waals surface area contributed by atoms with Crippen molar-refractivity contribution in [1.29, 1.82) is 0 Å². The molecule has 0 aliphatic carbocycles. The summed E-state index contributed by atoms with van der Waals surface area (Å²) in [6.45, 7) is 12.7. The highest BCUT2D eigenvalue weighted by atomic mass is 32.2. The van der Waals surface area contributed by atoms with Gasteiger partial charge in [0.25, 0.3) is 0 Å². The van der Waals surface area contributed by atoms with E-state index in [1.54, 1.807) is 11.8 Å². The average Bonchev–Trinajstić information content (AvgIpc) is 3.15. The molecule has 3 aliphatic rings. The van der Waals surface area contributed by atoms with Gasteiger partial charge in [-0.15, -0.1) is 0 Å². The highest BCUT2D eigenvalue weighted by molar-refractivity contribution is 8.00. The second kappa shape index (κ2) is 6.57. The molecule has 0 bridgehead atoms. The quantitative estimate of drug-likeness (QED) is 0.417. The normalized spacial score (nSPS) is 24.7. The van der Waals surface area contributed by atoms with Crippen LogP contribution < -0.4 is 15.8 Å². The van der Waals surface area contributed by atoms with Crippen LogP contribution in [0.25, 0.3) is 11.0 Å². The zero-order chi connectivity index (χ0) is 22.4. The third-order valence-electron chi connectivity index (χ3n) is 7.73. The Kier molecular flexibility index (Phi) is 4.15. The van der Waals surface area contributed by atoms with Gasteiger partial charge in [-0.2, -0.15) is 0 Å². The maximum absolute atomic E-state index is 13.3. The van der Waals surface area contributed by atoms with Gasteiger partial charge >= 0.3 is 5.63 Å². The maximum atomic E-state index is 13.3. The molecule has 0 radical (unpaired) electrons. The number of para-hydroxylation sites is 1. The summed E-state index contributed by atoms with van der Waals surface area (Å²) in [7, 11) is 0. The fraction of sp³-hybridized carbons (Fsp3) is 0.444. The Hall–Kier alpha value is -2.40. The van der Waals surface area contributed by atoms with Crippen LogP contribution in [0.2, 0.25) is 0 Å². The molecule has 2 atom stereocenters. The summed E-state index contributed by atoms with van der Waals surface area (Å²) in [6.07, 6.45) is 2.18. The summed E-state index contributed by atoms with van der Waals surface area (Å²) >= 11 is 1.68. The molecule has 5 heteroatoms. The van der Waals surface area contributed by atoms with Crippen LogP contribution in [0.1, 0.15) is 75.4 Å². The van der Waals surface area contributed by atoms with Gasteiger partial charge < -0.3 is 14.6 Å². The Bertz CT molecular complexity index is 1300. The summed E-state index contributed by atoms with van der Waals surface area (Å²) in [5.74, 6) is 0.465. The lowest BCUT2D eigenvalue weighted by atomic mass is 9.69. The van der Waals surface area contributed by atoms with Crippen LogP contribution in [0.15, 0.2) is 50.5 Å². The largest absolute Gasteiger partial charge is 0.422 e. The van der Waals surface area contributed by atoms with Crippen LogP contribution in [0.3, 0.4) is 0 Å². The molecule has 1 N–H and O–H groups in total. The van der Waals surface area contributed by atoms with E-state index in [-0.39, 0.29) is 22.0 Å². The summed E-state index contributed by atoms with van der Waals surface area (Å²) in [5, 5.41) is 4.42. The fourth-order valence-electron chi connectivity index (χ4n) is 6.10. The number of hydrogen-bond donors (Lipinski definition) is 1. The second-order valence-electron chi connectivity index (χ2n) is 10.9. The Morgan fingerprint density at radius 3 is 2.66 bits per heavy atom. The van der Waals surface area contributed by atoms with Gasteiger partial charge in [-0.1, -0.05) is 44.7 Å². The minimum Gasteiger partial charge on any atom is -0.422 e. The third-order valence-corrected chi connectivity index (χ3v) is 8.94. The number of fused-ring (bicyclic) bond motifs is 3. The number of nitrogens with zero attached hydrogens (tertiary/aromatic N) is 1. The third kappa shape index (κ3) is 2.79. The Labute approximate surface area is 193 Å². The first-order valence-electron chi connectivity index (χ1n) is 11.6. The molecule has 3 aliphatic heterocycles. The van der Waals surface area contributed by atoms with Crippen LogP contribution >= 0.6 is 11.8 Å². The Balaban J connectivity index is 1.58. The van der Waals surface area contributed by atoms with Gasteiger partial charge in [0.15, 0.2) is 0 Å². The zero-order valence-electron chi connectivity index (χ0n) is 19.4. The lowest BCUT2D eigenvalue weighted by Gasteiger charge is -2.53. The Morgan fingerprint density at radius 2 is 1.88 bits per heavy atom. The van der Waals surface area contributed by atoms with Crippen molar-refractivity contribution in [1.82, 2.24) is 0 Å². The second-order valence-corrected chi connectivity index (χ2v) is 12.1. The molecule has 3 aromatic rings. The predicted molar refractivity (Wildman–Crippen MR) is 133 cm³/mol. The molecule has 32 heavy (non-hydrogen) atoms. The van der Waals surface area contributed by atoms with Crippen molar-refractivity contribution in [3.63, 3.8) is 0 Å². The van der Waals surface area contributed by atoms with Gasteiger partial charge in [-0.05, 0) is 67.9 Å². The lowest BCUT2D eigenvalue weighted by Crippen LogP contribution is -2.53. The number of nitrogens with one attached hydrogen (secondary N) is 1. The van der Waals surface area contributed by atoms with Gasteiger partial charge in [0, 0.05) is 39.3 Å². The van der Waals surface area contributed by atoms with Crippen LogP contribution in [-0.4, -0.2) is 12.1 Å². The zero-order valence-corrected chi connectivity index (χ0v) is 20.2. The average molecular weight is 447 g/mol. The summed E-state index contributed by atoms with van der Waals surface area (Å²) in [5.41, 5.74) is 6.30. The summed E-state index contributed by atoms with van der Waals surface area (Å²) in [6, 6.07) is 12.6. The topological polar surface area (TPSA) is 45.5 Å². The van der Waals surface area contributed by atoms with E-state index in [0.29, 0.717) is 11.5 Å². The summed E-state index contributed by atoms with van der Waals surface area (Å²) in [4.78, 5) is 17.0. The number of rotatable bonds is 1. The van der Waals surface area contributed by atoms with Crippen molar-refractivity contribution in [2.45, 2.75) is 74.6 Å². The fourth-order valence-corrected chi connectivity index (χ4v) is 7.24. The molecule has 4 heterocycles. The van der Waals surface area contributed by atoms with E-state index >= 15 is 0 Å². The van der Waals surface area contributed by atoms with Crippen LogP contribution in [-0.2, 0) is 5.41 Å². The predicted octanol–water partition coefficient (Wildman–Crippen LogP) is 6.78. The van der Waals surface area contributed by atoms with Crippen molar-refractivity contribution in [3.05, 3.63) is 63.5 Å². The number of hydrogen-bond acceptors (Lipinski definition) is 5. The highest BCUT2D eigenvalue weighted by Crippen LogP contribution is 2.54. The standard InChI is InChI=1S/C27H30N2O2S/c1-15-14-27(4,5)29-11-10-26(2,3)21-22(29)17(15)12-16-13-18(25(30)31-23(16)21)24-28-19-8-6-7-9-20(19)32-24/h6-9,12-13,15,24,28H,10-11,14H2,1-5H3. The molecule has 2 aromatic carbocycles. The molecule has 0 saturated carbocycles. The molecule has 0 spiro atoms. The summed E-state index contributed by atoms with van der Waals surface area (Å²) < 4.78 is 6.18. The molecular formula is C27H30N2O2S. The molecule has 166 valence electrons. The molecule has 0 amide bonds. The van der Waals surface area contributed by atoms with E-state index in [9.17, 15) is 4.79 Å². The molecule has 0 saturated heterocycles.